The molecule has 3 unspecified atom stereocenters. The van der Waals surface area contributed by atoms with Gasteiger partial charge in [0, 0.05) is 18.6 Å². The number of rotatable bonds is 8. The van der Waals surface area contributed by atoms with Crippen LogP contribution < -0.4 is 16.4 Å². The molecule has 0 saturated carbocycles. The summed E-state index contributed by atoms with van der Waals surface area (Å²) in [6.07, 6.45) is -0.0544. The molecule has 2 rings (SSSR count). The van der Waals surface area contributed by atoms with Crippen LogP contribution in [0.5, 0.6) is 0 Å². The van der Waals surface area contributed by atoms with E-state index >= 15 is 0 Å². The Morgan fingerprint density at radius 3 is 2.57 bits per heavy atom. The molecule has 0 spiro atoms. The minimum atomic E-state index is -1.19. The topological polar surface area (TPSA) is 134 Å². The first-order chi connectivity index (χ1) is 14.2. The Balaban J connectivity index is 2.17. The highest BCUT2D eigenvalue weighted by Gasteiger charge is 2.41. The maximum Gasteiger partial charge on any atom is 0.405 e. The molecule has 5 N–H and O–H groups in total. The van der Waals surface area contributed by atoms with Gasteiger partial charge in [-0.1, -0.05) is 23.7 Å². The molecule has 0 aromatic heterocycles. The minimum Gasteiger partial charge on any atom is -0.437 e. The molecule has 0 bridgehead atoms. The highest BCUT2D eigenvalue weighted by molar-refractivity contribution is 6.30. The minimum absolute atomic E-state index is 0.435. The molecule has 1 aliphatic rings. The molecule has 10 heteroatoms. The molecule has 30 heavy (non-hydrogen) atoms. The van der Waals surface area contributed by atoms with Crippen molar-refractivity contribution in [2.45, 2.75) is 43.9 Å². The highest BCUT2D eigenvalue weighted by Crippen LogP contribution is 2.28. The normalized spacial score (nSPS) is 20.7. The molecular formula is C20H29ClN4O5. The average molecular weight is 441 g/mol. The lowest BCUT2D eigenvalue weighted by molar-refractivity contribution is -0.143. The first-order valence-corrected chi connectivity index (χ1v) is 10.2. The van der Waals surface area contributed by atoms with Crippen LogP contribution in [0.15, 0.2) is 24.3 Å². The number of nitrogens with two attached hydrogens (primary N) is 1. The second-order valence-corrected chi connectivity index (χ2v) is 7.96. The van der Waals surface area contributed by atoms with Crippen molar-refractivity contribution in [3.8, 4) is 0 Å². The number of carbonyl (C=O) groups is 3. The summed E-state index contributed by atoms with van der Waals surface area (Å²) in [7, 11) is 1.67. The monoisotopic (exact) mass is 440 g/mol. The van der Waals surface area contributed by atoms with Gasteiger partial charge < -0.3 is 31.1 Å². The van der Waals surface area contributed by atoms with E-state index in [1.165, 1.54) is 6.92 Å². The molecule has 3 atom stereocenters. The zero-order valence-corrected chi connectivity index (χ0v) is 17.9. The van der Waals surface area contributed by atoms with Crippen LogP contribution in [0.25, 0.3) is 0 Å². The van der Waals surface area contributed by atoms with Gasteiger partial charge in [0.2, 0.25) is 5.91 Å². The smallest absolute Gasteiger partial charge is 0.405 e. The van der Waals surface area contributed by atoms with Crippen LogP contribution in [-0.2, 0) is 20.7 Å². The van der Waals surface area contributed by atoms with Crippen LogP contribution in [0.2, 0.25) is 5.02 Å². The second kappa shape index (κ2) is 10.6. The molecule has 0 radical (unpaired) electrons. The number of aliphatic hydroxyl groups is 1. The van der Waals surface area contributed by atoms with Gasteiger partial charge in [-0.3, -0.25) is 9.59 Å². The first kappa shape index (κ1) is 23.9. The van der Waals surface area contributed by atoms with Crippen molar-refractivity contribution in [3.63, 3.8) is 0 Å². The van der Waals surface area contributed by atoms with E-state index in [1.54, 1.807) is 24.1 Å². The third-order valence-electron chi connectivity index (χ3n) is 5.40. The van der Waals surface area contributed by atoms with Crippen LogP contribution in [0.3, 0.4) is 0 Å². The van der Waals surface area contributed by atoms with E-state index in [1.807, 2.05) is 12.1 Å². The summed E-state index contributed by atoms with van der Waals surface area (Å²) in [5, 5.41) is 16.1. The van der Waals surface area contributed by atoms with Crippen molar-refractivity contribution >= 4 is 29.5 Å². The maximum absolute atomic E-state index is 13.2. The van der Waals surface area contributed by atoms with Gasteiger partial charge in [0.25, 0.3) is 5.91 Å². The predicted molar refractivity (Wildman–Crippen MR) is 112 cm³/mol. The molecule has 1 saturated heterocycles. The van der Waals surface area contributed by atoms with Crippen molar-refractivity contribution in [1.82, 2.24) is 15.5 Å². The number of benzene rings is 1. The molecule has 1 aromatic carbocycles. The molecular weight excluding hydrogens is 412 g/mol. The first-order valence-electron chi connectivity index (χ1n) is 9.78. The van der Waals surface area contributed by atoms with Gasteiger partial charge >= 0.3 is 6.09 Å². The molecule has 0 aliphatic carbocycles. The van der Waals surface area contributed by atoms with Crippen LogP contribution in [-0.4, -0.2) is 72.3 Å². The fourth-order valence-corrected chi connectivity index (χ4v) is 3.79. The van der Waals surface area contributed by atoms with E-state index in [0.29, 0.717) is 18.0 Å². The van der Waals surface area contributed by atoms with E-state index in [0.717, 1.165) is 24.9 Å². The number of aliphatic hydroxyl groups excluding tert-OH is 1. The van der Waals surface area contributed by atoms with Crippen molar-refractivity contribution < 1.29 is 24.2 Å². The molecule has 1 fully saturated rings. The summed E-state index contributed by atoms with van der Waals surface area (Å²) < 4.78 is 4.62. The van der Waals surface area contributed by atoms with Crippen molar-refractivity contribution in [2.75, 3.05) is 26.7 Å². The predicted octanol–water partition coefficient (Wildman–Crippen LogP) is 0.424. The summed E-state index contributed by atoms with van der Waals surface area (Å²) >= 11 is 5.98. The molecule has 166 valence electrons. The lowest BCUT2D eigenvalue weighted by Crippen LogP contribution is -2.63. The third-order valence-corrected chi connectivity index (χ3v) is 5.65. The summed E-state index contributed by atoms with van der Waals surface area (Å²) in [5.41, 5.74) is 5.41. The lowest BCUT2D eigenvalue weighted by atomic mass is 9.82. The van der Waals surface area contributed by atoms with Gasteiger partial charge in [0.1, 0.15) is 6.04 Å². The standard InChI is InChI=1S/C20H29ClN4O5/c1-13(30-19(22)29)17(27)24-16(11-26)18(28)25(2)20(8-3-9-23-12-20)10-14-4-6-15(21)7-5-14/h4-7,13,16,23,26H,3,8-12H2,1-2H3,(H2,22,29)(H,24,27). The maximum atomic E-state index is 13.2. The zero-order chi connectivity index (χ0) is 22.3. The Labute approximate surface area is 180 Å². The Morgan fingerprint density at radius 2 is 2.03 bits per heavy atom. The molecule has 1 heterocycles. The second-order valence-electron chi connectivity index (χ2n) is 7.53. The fraction of sp³-hybridized carbons (Fsp3) is 0.550. The summed E-state index contributed by atoms with van der Waals surface area (Å²) in [5.74, 6) is -1.15. The molecule has 3 amide bonds. The number of halogens is 1. The Kier molecular flexibility index (Phi) is 8.45. The fourth-order valence-electron chi connectivity index (χ4n) is 3.66. The number of ether oxygens (including phenoxy) is 1. The average Bonchev–Trinajstić information content (AvgIpc) is 2.72. The van der Waals surface area contributed by atoms with E-state index in [4.69, 9.17) is 17.3 Å². The van der Waals surface area contributed by atoms with Crippen LogP contribution >= 0.6 is 11.6 Å². The van der Waals surface area contributed by atoms with Gasteiger partial charge in [-0.2, -0.15) is 0 Å². The van der Waals surface area contributed by atoms with Crippen molar-refractivity contribution in [2.24, 2.45) is 5.73 Å². The SMILES string of the molecule is CC(OC(N)=O)C(=O)NC(CO)C(=O)N(C)C1(Cc2ccc(Cl)cc2)CCCNC1. The van der Waals surface area contributed by atoms with Crippen molar-refractivity contribution in [3.05, 3.63) is 34.9 Å². The number of piperidine rings is 1. The number of hydrogen-bond donors (Lipinski definition) is 4. The van der Waals surface area contributed by atoms with Gasteiger partial charge in [-0.05, 0) is 50.4 Å². The lowest BCUT2D eigenvalue weighted by Gasteiger charge is -2.46. The van der Waals surface area contributed by atoms with E-state index < -0.39 is 42.2 Å². The number of nitrogens with zero attached hydrogens (tertiary/aromatic N) is 1. The number of carbonyl (C=O) groups excluding carboxylic acids is 3. The van der Waals surface area contributed by atoms with E-state index in [9.17, 15) is 19.5 Å². The third kappa shape index (κ3) is 6.07. The van der Waals surface area contributed by atoms with Crippen molar-refractivity contribution in [1.29, 1.82) is 0 Å². The van der Waals surface area contributed by atoms with E-state index in [2.05, 4.69) is 15.4 Å². The molecule has 1 aliphatic heterocycles. The van der Waals surface area contributed by atoms with Gasteiger partial charge in [-0.25, -0.2) is 4.79 Å². The highest BCUT2D eigenvalue weighted by atomic mass is 35.5. The summed E-state index contributed by atoms with van der Waals surface area (Å²) in [4.78, 5) is 37.8. The Hall–Kier alpha value is -2.36. The molecule has 9 nitrogen and oxygen atoms in total. The number of primary amides is 1. The molecule has 1 aromatic rings. The summed E-state index contributed by atoms with van der Waals surface area (Å²) in [6.45, 7) is 2.16. The van der Waals surface area contributed by atoms with Gasteiger partial charge in [0.15, 0.2) is 6.10 Å². The summed E-state index contributed by atoms with van der Waals surface area (Å²) in [6, 6.07) is 6.28. The van der Waals surface area contributed by atoms with E-state index in [-0.39, 0.29) is 0 Å². The quantitative estimate of drug-likeness (QED) is 0.463. The van der Waals surface area contributed by atoms with Gasteiger partial charge in [-0.15, -0.1) is 0 Å². The van der Waals surface area contributed by atoms with Crippen LogP contribution in [0, 0.1) is 0 Å². The number of likely N-dealkylation sites (N-methyl/N-ethyl adjacent to an activating group) is 1. The zero-order valence-electron chi connectivity index (χ0n) is 17.2. The van der Waals surface area contributed by atoms with Crippen LogP contribution in [0.4, 0.5) is 4.79 Å². The Bertz CT molecular complexity index is 752. The van der Waals surface area contributed by atoms with Crippen LogP contribution in [0.1, 0.15) is 25.3 Å². The Morgan fingerprint density at radius 1 is 1.37 bits per heavy atom. The van der Waals surface area contributed by atoms with Gasteiger partial charge in [0.05, 0.1) is 12.1 Å². The number of hydrogen-bond acceptors (Lipinski definition) is 6. The number of amides is 3. The largest absolute Gasteiger partial charge is 0.437 e. The number of nitrogens with one attached hydrogen (secondary N) is 2.